The standard InChI is InChI=1S/C20H17N3O4S/c1-13(18(24)23-19-14(11-21)8-10-28-19)27-20(25)16-6-2-3-7-17(16)22-12-15-5-4-9-26-15/h2-10,13,22H,12H2,1H3,(H,23,24)/t13-/m0/s1. The van der Waals surface area contributed by atoms with Gasteiger partial charge in [-0.1, -0.05) is 12.1 Å². The van der Waals surface area contributed by atoms with Crippen molar-refractivity contribution in [1.82, 2.24) is 0 Å². The molecule has 0 aliphatic heterocycles. The molecule has 2 N–H and O–H groups in total. The summed E-state index contributed by atoms with van der Waals surface area (Å²) in [5, 5.41) is 16.9. The molecule has 0 fully saturated rings. The van der Waals surface area contributed by atoms with Crippen LogP contribution in [-0.2, 0) is 16.1 Å². The molecule has 0 bridgehead atoms. The number of esters is 1. The van der Waals surface area contributed by atoms with Gasteiger partial charge in [0.25, 0.3) is 5.91 Å². The van der Waals surface area contributed by atoms with E-state index in [1.54, 1.807) is 48.0 Å². The second-order valence-electron chi connectivity index (χ2n) is 5.79. The molecule has 1 amide bonds. The first-order valence-corrected chi connectivity index (χ1v) is 9.31. The molecule has 2 heterocycles. The SMILES string of the molecule is C[C@H](OC(=O)c1ccccc1NCc1ccco1)C(=O)Nc1sccc1C#N. The predicted octanol–water partition coefficient (Wildman–Crippen LogP) is 4.01. The van der Waals surface area contributed by atoms with E-state index in [2.05, 4.69) is 10.6 Å². The first-order chi connectivity index (χ1) is 13.6. The number of hydrogen-bond donors (Lipinski definition) is 2. The Hall–Kier alpha value is -3.57. The fraction of sp³-hybridized carbons (Fsp3) is 0.150. The predicted molar refractivity (Wildman–Crippen MR) is 105 cm³/mol. The number of para-hydroxylation sites is 1. The largest absolute Gasteiger partial charge is 0.467 e. The summed E-state index contributed by atoms with van der Waals surface area (Å²) in [5.41, 5.74) is 1.24. The van der Waals surface area contributed by atoms with Crippen molar-refractivity contribution in [3.63, 3.8) is 0 Å². The summed E-state index contributed by atoms with van der Waals surface area (Å²) in [6, 6.07) is 14.1. The van der Waals surface area contributed by atoms with Gasteiger partial charge in [0, 0.05) is 5.69 Å². The first-order valence-electron chi connectivity index (χ1n) is 8.43. The van der Waals surface area contributed by atoms with Crippen molar-refractivity contribution in [3.05, 3.63) is 71.0 Å². The minimum absolute atomic E-state index is 0.308. The Kier molecular flexibility index (Phi) is 6.09. The smallest absolute Gasteiger partial charge is 0.341 e. The molecular weight excluding hydrogens is 378 g/mol. The minimum Gasteiger partial charge on any atom is -0.467 e. The van der Waals surface area contributed by atoms with Crippen LogP contribution in [0.3, 0.4) is 0 Å². The highest BCUT2D eigenvalue weighted by atomic mass is 32.1. The van der Waals surface area contributed by atoms with E-state index in [1.807, 2.05) is 12.1 Å². The molecule has 8 heteroatoms. The molecule has 3 aromatic rings. The summed E-state index contributed by atoms with van der Waals surface area (Å²) in [7, 11) is 0. The van der Waals surface area contributed by atoms with Crippen LogP contribution in [0.25, 0.3) is 0 Å². The summed E-state index contributed by atoms with van der Waals surface area (Å²) >= 11 is 1.23. The van der Waals surface area contributed by atoms with Gasteiger partial charge in [0.2, 0.25) is 0 Å². The van der Waals surface area contributed by atoms with Crippen molar-refractivity contribution in [2.45, 2.75) is 19.6 Å². The van der Waals surface area contributed by atoms with E-state index < -0.39 is 18.0 Å². The highest BCUT2D eigenvalue weighted by molar-refractivity contribution is 7.14. The summed E-state index contributed by atoms with van der Waals surface area (Å²) in [4.78, 5) is 24.8. The van der Waals surface area contributed by atoms with Gasteiger partial charge in [0.15, 0.2) is 6.10 Å². The average molecular weight is 395 g/mol. The zero-order valence-corrected chi connectivity index (χ0v) is 15.8. The van der Waals surface area contributed by atoms with Crippen molar-refractivity contribution < 1.29 is 18.7 Å². The van der Waals surface area contributed by atoms with Crippen LogP contribution in [0.2, 0.25) is 0 Å². The second kappa shape index (κ2) is 8.88. The maximum absolute atomic E-state index is 12.6. The number of hydrogen-bond acceptors (Lipinski definition) is 7. The Bertz CT molecular complexity index is 1000. The van der Waals surface area contributed by atoms with E-state index in [0.717, 1.165) is 5.76 Å². The molecule has 28 heavy (non-hydrogen) atoms. The van der Waals surface area contributed by atoms with Crippen LogP contribution in [-0.4, -0.2) is 18.0 Å². The number of thiophene rings is 1. The number of benzene rings is 1. The fourth-order valence-electron chi connectivity index (χ4n) is 2.40. The quantitative estimate of drug-likeness (QED) is 0.586. The maximum atomic E-state index is 12.6. The minimum atomic E-state index is -1.03. The van der Waals surface area contributed by atoms with E-state index in [-0.39, 0.29) is 0 Å². The van der Waals surface area contributed by atoms with Crippen LogP contribution in [0.15, 0.2) is 58.5 Å². The molecule has 142 valence electrons. The lowest BCUT2D eigenvalue weighted by Gasteiger charge is -2.15. The van der Waals surface area contributed by atoms with Crippen molar-refractivity contribution in [2.24, 2.45) is 0 Å². The molecule has 0 radical (unpaired) electrons. The number of furan rings is 1. The van der Waals surface area contributed by atoms with Crippen LogP contribution in [0.1, 0.15) is 28.6 Å². The monoisotopic (exact) mass is 395 g/mol. The molecular formula is C20H17N3O4S. The Labute approximate surface area is 165 Å². The van der Waals surface area contributed by atoms with Crippen LogP contribution >= 0.6 is 11.3 Å². The highest BCUT2D eigenvalue weighted by Crippen LogP contribution is 2.23. The summed E-state index contributed by atoms with van der Waals surface area (Å²) in [6.07, 6.45) is 0.544. The lowest BCUT2D eigenvalue weighted by molar-refractivity contribution is -0.123. The van der Waals surface area contributed by atoms with Crippen molar-refractivity contribution in [2.75, 3.05) is 10.6 Å². The van der Waals surface area contributed by atoms with Gasteiger partial charge in [-0.25, -0.2) is 4.79 Å². The number of carbonyl (C=O) groups excluding carboxylic acids is 2. The summed E-state index contributed by atoms with van der Waals surface area (Å²) < 4.78 is 10.6. The molecule has 2 aromatic heterocycles. The third-order valence-electron chi connectivity index (χ3n) is 3.86. The van der Waals surface area contributed by atoms with Gasteiger partial charge in [0.05, 0.1) is 23.9 Å². The molecule has 0 saturated heterocycles. The Balaban J connectivity index is 1.64. The molecule has 0 aliphatic carbocycles. The number of nitrogens with one attached hydrogen (secondary N) is 2. The molecule has 1 atom stereocenters. The number of nitriles is 1. The zero-order chi connectivity index (χ0) is 19.9. The molecule has 3 rings (SSSR count). The molecule has 7 nitrogen and oxygen atoms in total. The van der Waals surface area contributed by atoms with Gasteiger partial charge in [-0.15, -0.1) is 11.3 Å². The third-order valence-corrected chi connectivity index (χ3v) is 4.69. The lowest BCUT2D eigenvalue weighted by Crippen LogP contribution is -2.30. The first kappa shape index (κ1) is 19.2. The zero-order valence-electron chi connectivity index (χ0n) is 15.0. The van der Waals surface area contributed by atoms with Crippen LogP contribution in [0.5, 0.6) is 0 Å². The van der Waals surface area contributed by atoms with Gasteiger partial charge in [0.1, 0.15) is 16.8 Å². The molecule has 1 aromatic carbocycles. The van der Waals surface area contributed by atoms with Gasteiger partial charge < -0.3 is 19.8 Å². The van der Waals surface area contributed by atoms with Crippen molar-refractivity contribution in [1.29, 1.82) is 5.26 Å². The molecule has 0 saturated carbocycles. The van der Waals surface area contributed by atoms with E-state index in [4.69, 9.17) is 14.4 Å². The Morgan fingerprint density at radius 3 is 2.82 bits per heavy atom. The van der Waals surface area contributed by atoms with Gasteiger partial charge in [-0.2, -0.15) is 5.26 Å². The fourth-order valence-corrected chi connectivity index (χ4v) is 3.14. The molecule has 0 aliphatic rings. The van der Waals surface area contributed by atoms with E-state index >= 15 is 0 Å². The number of rotatable bonds is 7. The van der Waals surface area contributed by atoms with E-state index in [9.17, 15) is 9.59 Å². The summed E-state index contributed by atoms with van der Waals surface area (Å²) in [6.45, 7) is 1.88. The molecule has 0 unspecified atom stereocenters. The lowest BCUT2D eigenvalue weighted by atomic mass is 10.1. The highest BCUT2D eigenvalue weighted by Gasteiger charge is 2.22. The summed E-state index contributed by atoms with van der Waals surface area (Å²) in [5.74, 6) is -0.412. The normalized spacial score (nSPS) is 11.3. The number of anilines is 2. The maximum Gasteiger partial charge on any atom is 0.341 e. The second-order valence-corrected chi connectivity index (χ2v) is 6.71. The number of ether oxygens (including phenoxy) is 1. The third kappa shape index (κ3) is 4.58. The van der Waals surface area contributed by atoms with Gasteiger partial charge in [-0.05, 0) is 42.6 Å². The topological polar surface area (TPSA) is 104 Å². The van der Waals surface area contributed by atoms with E-state index in [1.165, 1.54) is 18.3 Å². The van der Waals surface area contributed by atoms with Gasteiger partial charge >= 0.3 is 5.97 Å². The van der Waals surface area contributed by atoms with Crippen molar-refractivity contribution >= 4 is 33.9 Å². The van der Waals surface area contributed by atoms with Crippen LogP contribution in [0, 0.1) is 11.3 Å². The van der Waals surface area contributed by atoms with Crippen LogP contribution < -0.4 is 10.6 Å². The van der Waals surface area contributed by atoms with Crippen LogP contribution in [0.4, 0.5) is 10.7 Å². The Morgan fingerprint density at radius 2 is 2.07 bits per heavy atom. The number of nitrogens with zero attached hydrogens (tertiary/aromatic N) is 1. The Morgan fingerprint density at radius 1 is 1.25 bits per heavy atom. The molecule has 0 spiro atoms. The number of carbonyl (C=O) groups is 2. The number of amides is 1. The average Bonchev–Trinajstić information content (AvgIpc) is 3.38. The van der Waals surface area contributed by atoms with Crippen molar-refractivity contribution in [3.8, 4) is 6.07 Å². The van der Waals surface area contributed by atoms with Gasteiger partial charge in [-0.3, -0.25) is 4.79 Å². The van der Waals surface area contributed by atoms with E-state index in [0.29, 0.717) is 28.4 Å².